The highest BCUT2D eigenvalue weighted by atomic mass is 15.2. The molecule has 3 rings (SSSR count). The summed E-state index contributed by atoms with van der Waals surface area (Å²) in [5, 5.41) is 0. The summed E-state index contributed by atoms with van der Waals surface area (Å²) in [4.78, 5) is 17.6. The highest BCUT2D eigenvalue weighted by molar-refractivity contribution is 5.50. The van der Waals surface area contributed by atoms with Gasteiger partial charge in [0.15, 0.2) is 0 Å². The van der Waals surface area contributed by atoms with Crippen LogP contribution in [0.5, 0.6) is 0 Å². The van der Waals surface area contributed by atoms with Crippen LogP contribution in [-0.2, 0) is 6.54 Å². The van der Waals surface area contributed by atoms with Crippen LogP contribution in [-0.4, -0.2) is 35.1 Å². The fraction of sp³-hybridized carbons (Fsp3) is 0.471. The Hall–Kier alpha value is -2.17. The second kappa shape index (κ2) is 6.73. The van der Waals surface area contributed by atoms with Crippen LogP contribution in [0.2, 0.25) is 0 Å². The van der Waals surface area contributed by atoms with Crippen LogP contribution in [0.3, 0.4) is 0 Å². The van der Waals surface area contributed by atoms with Gasteiger partial charge in [-0.25, -0.2) is 9.97 Å². The quantitative estimate of drug-likeness (QED) is 0.868. The molecule has 0 aliphatic carbocycles. The fourth-order valence-corrected chi connectivity index (χ4v) is 2.86. The molecule has 0 radical (unpaired) electrons. The van der Waals surface area contributed by atoms with Crippen LogP contribution < -0.4 is 9.80 Å². The molecule has 0 aromatic carbocycles. The van der Waals surface area contributed by atoms with Crippen molar-refractivity contribution in [2.45, 2.75) is 32.7 Å². The standard InChI is InChI=1S/C17H23N5/c1-14-11-18-7-6-15(14)12-21(2)16-10-17(20-13-19-16)22-8-4-3-5-9-22/h6-7,10-11,13H,3-5,8-9,12H2,1-2H3. The summed E-state index contributed by atoms with van der Waals surface area (Å²) in [7, 11) is 2.07. The summed E-state index contributed by atoms with van der Waals surface area (Å²) in [5.41, 5.74) is 2.48. The van der Waals surface area contributed by atoms with Crippen LogP contribution in [0.4, 0.5) is 11.6 Å². The van der Waals surface area contributed by atoms with Gasteiger partial charge >= 0.3 is 0 Å². The van der Waals surface area contributed by atoms with E-state index in [9.17, 15) is 0 Å². The Morgan fingerprint density at radius 1 is 1.18 bits per heavy atom. The Morgan fingerprint density at radius 3 is 2.77 bits per heavy atom. The highest BCUT2D eigenvalue weighted by Crippen LogP contribution is 2.21. The normalized spacial score (nSPS) is 14.9. The molecule has 0 saturated carbocycles. The minimum atomic E-state index is 0.824. The first-order valence-corrected chi connectivity index (χ1v) is 7.91. The molecule has 0 spiro atoms. The SMILES string of the molecule is Cc1cnccc1CN(C)c1cc(N2CCCCC2)ncn1. The first-order chi connectivity index (χ1) is 10.7. The number of hydrogen-bond acceptors (Lipinski definition) is 5. The Balaban J connectivity index is 1.75. The maximum absolute atomic E-state index is 4.45. The van der Waals surface area contributed by atoms with E-state index in [2.05, 4.69) is 50.9 Å². The number of aryl methyl sites for hydroxylation is 1. The molecule has 22 heavy (non-hydrogen) atoms. The third kappa shape index (κ3) is 3.35. The van der Waals surface area contributed by atoms with Gasteiger partial charge in [-0.1, -0.05) is 0 Å². The Bertz CT molecular complexity index is 622. The summed E-state index contributed by atoms with van der Waals surface area (Å²) in [6, 6.07) is 4.17. The first-order valence-electron chi connectivity index (χ1n) is 7.91. The number of piperidine rings is 1. The zero-order valence-electron chi connectivity index (χ0n) is 13.4. The topological polar surface area (TPSA) is 45.2 Å². The van der Waals surface area contributed by atoms with Crippen molar-refractivity contribution >= 4 is 11.6 Å². The van der Waals surface area contributed by atoms with Gasteiger partial charge in [-0.15, -0.1) is 0 Å². The lowest BCUT2D eigenvalue weighted by atomic mass is 10.1. The van der Waals surface area contributed by atoms with E-state index < -0.39 is 0 Å². The van der Waals surface area contributed by atoms with E-state index in [1.807, 2.05) is 12.4 Å². The van der Waals surface area contributed by atoms with Gasteiger partial charge in [-0.05, 0) is 43.4 Å². The minimum absolute atomic E-state index is 0.824. The van der Waals surface area contributed by atoms with Crippen molar-refractivity contribution < 1.29 is 0 Å². The molecule has 0 bridgehead atoms. The maximum atomic E-state index is 4.45. The zero-order chi connectivity index (χ0) is 15.4. The largest absolute Gasteiger partial charge is 0.356 e. The number of anilines is 2. The molecule has 5 heteroatoms. The predicted molar refractivity (Wildman–Crippen MR) is 89.2 cm³/mol. The molecule has 0 N–H and O–H groups in total. The van der Waals surface area contributed by atoms with E-state index in [0.29, 0.717) is 0 Å². The molecule has 2 aromatic rings. The van der Waals surface area contributed by atoms with Crippen LogP contribution in [0.15, 0.2) is 30.9 Å². The molecule has 0 unspecified atom stereocenters. The van der Waals surface area contributed by atoms with E-state index in [0.717, 1.165) is 31.3 Å². The molecule has 0 atom stereocenters. The molecule has 3 heterocycles. The molecule has 0 amide bonds. The molecule has 1 aliphatic heterocycles. The van der Waals surface area contributed by atoms with Crippen molar-refractivity contribution in [3.05, 3.63) is 42.0 Å². The number of rotatable bonds is 4. The van der Waals surface area contributed by atoms with Gasteiger partial charge in [-0.3, -0.25) is 4.98 Å². The Morgan fingerprint density at radius 2 is 2.00 bits per heavy atom. The monoisotopic (exact) mass is 297 g/mol. The summed E-state index contributed by atoms with van der Waals surface area (Å²) >= 11 is 0. The molecule has 2 aromatic heterocycles. The third-order valence-corrected chi connectivity index (χ3v) is 4.25. The highest BCUT2D eigenvalue weighted by Gasteiger charge is 2.14. The molecule has 1 saturated heterocycles. The molecular weight excluding hydrogens is 274 g/mol. The first kappa shape index (κ1) is 14.8. The predicted octanol–water partition coefficient (Wildman–Crippen LogP) is 2.81. The lowest BCUT2D eigenvalue weighted by Crippen LogP contribution is -2.30. The molecule has 1 aliphatic rings. The number of hydrogen-bond donors (Lipinski definition) is 0. The summed E-state index contributed by atoms with van der Waals surface area (Å²) in [6.07, 6.45) is 9.26. The van der Waals surface area contributed by atoms with Gasteiger partial charge in [0.25, 0.3) is 0 Å². The second-order valence-electron chi connectivity index (χ2n) is 5.94. The lowest BCUT2D eigenvalue weighted by molar-refractivity contribution is 0.573. The van der Waals surface area contributed by atoms with E-state index in [1.165, 1.54) is 30.4 Å². The third-order valence-electron chi connectivity index (χ3n) is 4.25. The molecule has 116 valence electrons. The van der Waals surface area contributed by atoms with Gasteiger partial charge < -0.3 is 9.80 Å². The van der Waals surface area contributed by atoms with Crippen molar-refractivity contribution in [2.75, 3.05) is 29.9 Å². The van der Waals surface area contributed by atoms with Gasteiger partial charge in [0, 0.05) is 45.1 Å². The summed E-state index contributed by atoms with van der Waals surface area (Å²) < 4.78 is 0. The number of pyridine rings is 1. The van der Waals surface area contributed by atoms with E-state index in [4.69, 9.17) is 0 Å². The number of nitrogens with zero attached hydrogens (tertiary/aromatic N) is 5. The summed E-state index contributed by atoms with van der Waals surface area (Å²) in [6.45, 7) is 5.12. The Labute approximate surface area is 132 Å². The molecule has 1 fully saturated rings. The van der Waals surface area contributed by atoms with Crippen molar-refractivity contribution in [2.24, 2.45) is 0 Å². The van der Waals surface area contributed by atoms with Crippen molar-refractivity contribution in [1.82, 2.24) is 15.0 Å². The summed E-state index contributed by atoms with van der Waals surface area (Å²) in [5.74, 6) is 2.01. The average molecular weight is 297 g/mol. The van der Waals surface area contributed by atoms with Gasteiger partial charge in [0.1, 0.15) is 18.0 Å². The minimum Gasteiger partial charge on any atom is -0.356 e. The lowest BCUT2D eigenvalue weighted by Gasteiger charge is -2.28. The van der Waals surface area contributed by atoms with Crippen LogP contribution in [0.1, 0.15) is 30.4 Å². The van der Waals surface area contributed by atoms with Crippen LogP contribution in [0, 0.1) is 6.92 Å². The number of aromatic nitrogens is 3. The van der Waals surface area contributed by atoms with E-state index >= 15 is 0 Å². The van der Waals surface area contributed by atoms with Crippen molar-refractivity contribution in [3.63, 3.8) is 0 Å². The average Bonchev–Trinajstić information content (AvgIpc) is 2.58. The maximum Gasteiger partial charge on any atom is 0.134 e. The zero-order valence-corrected chi connectivity index (χ0v) is 13.4. The molecular formula is C17H23N5. The van der Waals surface area contributed by atoms with Gasteiger partial charge in [-0.2, -0.15) is 0 Å². The second-order valence-corrected chi connectivity index (χ2v) is 5.94. The fourth-order valence-electron chi connectivity index (χ4n) is 2.86. The van der Waals surface area contributed by atoms with Crippen LogP contribution >= 0.6 is 0 Å². The van der Waals surface area contributed by atoms with Crippen molar-refractivity contribution in [1.29, 1.82) is 0 Å². The van der Waals surface area contributed by atoms with Gasteiger partial charge in [0.05, 0.1) is 0 Å². The Kier molecular flexibility index (Phi) is 4.51. The van der Waals surface area contributed by atoms with E-state index in [-0.39, 0.29) is 0 Å². The van der Waals surface area contributed by atoms with Crippen LogP contribution in [0.25, 0.3) is 0 Å². The van der Waals surface area contributed by atoms with Gasteiger partial charge in [0.2, 0.25) is 0 Å². The van der Waals surface area contributed by atoms with Crippen molar-refractivity contribution in [3.8, 4) is 0 Å². The van der Waals surface area contributed by atoms with E-state index in [1.54, 1.807) is 6.33 Å². The molecule has 5 nitrogen and oxygen atoms in total. The smallest absolute Gasteiger partial charge is 0.134 e.